The molecule has 2 aromatic carbocycles. The van der Waals surface area contributed by atoms with Crippen LogP contribution in [0.25, 0.3) is 0 Å². The zero-order valence-corrected chi connectivity index (χ0v) is 18.5. The highest BCUT2D eigenvalue weighted by atomic mass is 16.5. The van der Waals surface area contributed by atoms with Gasteiger partial charge in [0.25, 0.3) is 11.8 Å². The van der Waals surface area contributed by atoms with Gasteiger partial charge in [0.1, 0.15) is 17.3 Å². The van der Waals surface area contributed by atoms with Crippen molar-refractivity contribution >= 4 is 17.8 Å². The average Bonchev–Trinajstić information content (AvgIpc) is 3.22. The van der Waals surface area contributed by atoms with E-state index in [1.54, 1.807) is 26.0 Å². The van der Waals surface area contributed by atoms with Gasteiger partial charge in [-0.15, -0.1) is 5.10 Å². The molecule has 0 aliphatic rings. The van der Waals surface area contributed by atoms with Crippen molar-refractivity contribution in [2.75, 3.05) is 5.32 Å². The Morgan fingerprint density at radius 2 is 1.38 bits per heavy atom. The monoisotopic (exact) mass is 437 g/mol. The molecule has 0 saturated heterocycles. The molecule has 0 saturated carbocycles. The van der Waals surface area contributed by atoms with Gasteiger partial charge >= 0.3 is 0 Å². The number of aryl methyl sites for hydroxylation is 2. The number of carbonyl (C=O) groups is 2. The number of carbonyl (C=O) groups excluding carboxylic acids is 2. The summed E-state index contributed by atoms with van der Waals surface area (Å²) in [5.41, 5.74) is 2.21. The molecule has 3 aromatic rings. The Balaban J connectivity index is 1.45. The lowest BCUT2D eigenvalue weighted by atomic mass is 10.2. The number of aromatic amines is 1. The molecule has 1 aromatic heterocycles. The number of hydrogen-bond acceptors (Lipinski definition) is 6. The summed E-state index contributed by atoms with van der Waals surface area (Å²) in [4.78, 5) is 28.8. The smallest absolute Gasteiger partial charge is 0.267 e. The van der Waals surface area contributed by atoms with Crippen molar-refractivity contribution in [3.05, 3.63) is 65.5 Å². The second-order valence-corrected chi connectivity index (χ2v) is 7.46. The van der Waals surface area contributed by atoms with Crippen LogP contribution in [0.3, 0.4) is 0 Å². The summed E-state index contributed by atoms with van der Waals surface area (Å²) in [7, 11) is 0. The fourth-order valence-electron chi connectivity index (χ4n) is 2.71. The lowest BCUT2D eigenvalue weighted by Gasteiger charge is -2.14. The molecule has 3 N–H and O–H groups in total. The van der Waals surface area contributed by atoms with E-state index in [1.807, 2.05) is 50.2 Å². The summed E-state index contributed by atoms with van der Waals surface area (Å²) in [6.45, 7) is 7.36. The summed E-state index contributed by atoms with van der Waals surface area (Å²) < 4.78 is 11.3. The van der Waals surface area contributed by atoms with Crippen molar-refractivity contribution in [2.24, 2.45) is 0 Å². The van der Waals surface area contributed by atoms with Gasteiger partial charge in [-0.05, 0) is 52.0 Å². The van der Waals surface area contributed by atoms with E-state index in [-0.39, 0.29) is 24.3 Å². The van der Waals surface area contributed by atoms with Crippen LogP contribution < -0.4 is 20.1 Å². The van der Waals surface area contributed by atoms with E-state index in [9.17, 15) is 9.59 Å². The van der Waals surface area contributed by atoms with E-state index in [0.29, 0.717) is 17.3 Å². The van der Waals surface area contributed by atoms with E-state index in [1.165, 1.54) is 0 Å². The molecule has 0 aliphatic carbocycles. The SMILES string of the molecule is Cc1ccc(OC(C)C(=O)NCc2nc(NC(=O)C(C)Oc3ccc(C)cc3)n[nH]2)cc1. The van der Waals surface area contributed by atoms with Gasteiger partial charge in [-0.2, -0.15) is 4.98 Å². The minimum absolute atomic E-state index is 0.0996. The molecule has 0 aliphatic heterocycles. The number of rotatable bonds is 9. The highest BCUT2D eigenvalue weighted by Crippen LogP contribution is 2.15. The van der Waals surface area contributed by atoms with Crippen LogP contribution in [0.4, 0.5) is 5.95 Å². The third-order valence-electron chi connectivity index (χ3n) is 4.60. The van der Waals surface area contributed by atoms with Crippen LogP contribution in [0, 0.1) is 13.8 Å². The fourth-order valence-corrected chi connectivity index (χ4v) is 2.71. The van der Waals surface area contributed by atoms with E-state index in [2.05, 4.69) is 25.8 Å². The lowest BCUT2D eigenvalue weighted by Crippen LogP contribution is -2.36. The van der Waals surface area contributed by atoms with Crippen molar-refractivity contribution in [3.63, 3.8) is 0 Å². The molecular weight excluding hydrogens is 410 g/mol. The Morgan fingerprint density at radius 3 is 1.91 bits per heavy atom. The van der Waals surface area contributed by atoms with E-state index in [4.69, 9.17) is 9.47 Å². The molecule has 32 heavy (non-hydrogen) atoms. The van der Waals surface area contributed by atoms with Crippen molar-refractivity contribution < 1.29 is 19.1 Å². The van der Waals surface area contributed by atoms with E-state index >= 15 is 0 Å². The van der Waals surface area contributed by atoms with Crippen molar-refractivity contribution in [2.45, 2.75) is 46.4 Å². The molecule has 3 rings (SSSR count). The van der Waals surface area contributed by atoms with Gasteiger partial charge in [0.2, 0.25) is 5.95 Å². The van der Waals surface area contributed by atoms with Crippen LogP contribution in [0.5, 0.6) is 11.5 Å². The summed E-state index contributed by atoms with van der Waals surface area (Å²) in [5, 5.41) is 11.9. The fraction of sp³-hybridized carbons (Fsp3) is 0.304. The predicted molar refractivity (Wildman–Crippen MR) is 119 cm³/mol. The van der Waals surface area contributed by atoms with Crippen LogP contribution >= 0.6 is 0 Å². The topological polar surface area (TPSA) is 118 Å². The van der Waals surface area contributed by atoms with Crippen LogP contribution in [0.15, 0.2) is 48.5 Å². The number of amides is 2. The maximum Gasteiger partial charge on any atom is 0.267 e. The van der Waals surface area contributed by atoms with Crippen molar-refractivity contribution in [3.8, 4) is 11.5 Å². The number of ether oxygens (including phenoxy) is 2. The third-order valence-corrected chi connectivity index (χ3v) is 4.60. The number of H-pyrrole nitrogens is 1. The first kappa shape index (κ1) is 22.8. The molecule has 9 nitrogen and oxygen atoms in total. The van der Waals surface area contributed by atoms with E-state index in [0.717, 1.165) is 11.1 Å². The van der Waals surface area contributed by atoms with Crippen molar-refractivity contribution in [1.29, 1.82) is 0 Å². The summed E-state index contributed by atoms with van der Waals surface area (Å²) in [5.74, 6) is 1.02. The summed E-state index contributed by atoms with van der Waals surface area (Å²) >= 11 is 0. The molecule has 0 fully saturated rings. The molecule has 0 radical (unpaired) electrons. The third kappa shape index (κ3) is 6.56. The summed E-state index contributed by atoms with van der Waals surface area (Å²) in [6, 6.07) is 14.9. The normalized spacial score (nSPS) is 12.5. The second-order valence-electron chi connectivity index (χ2n) is 7.46. The Hall–Kier alpha value is -3.88. The zero-order valence-electron chi connectivity index (χ0n) is 18.5. The number of nitrogens with one attached hydrogen (secondary N) is 3. The first-order chi connectivity index (χ1) is 15.3. The minimum Gasteiger partial charge on any atom is -0.481 e. The first-order valence-corrected chi connectivity index (χ1v) is 10.3. The van der Waals surface area contributed by atoms with Crippen LogP contribution in [-0.2, 0) is 16.1 Å². The number of benzene rings is 2. The van der Waals surface area contributed by atoms with Crippen LogP contribution in [0.1, 0.15) is 30.8 Å². The molecule has 0 bridgehead atoms. The quantitative estimate of drug-likeness (QED) is 0.474. The molecule has 2 amide bonds. The average molecular weight is 438 g/mol. The minimum atomic E-state index is -0.737. The van der Waals surface area contributed by atoms with Gasteiger partial charge in [-0.25, -0.2) is 0 Å². The Labute approximate surface area is 186 Å². The second kappa shape index (κ2) is 10.4. The molecule has 1 heterocycles. The Bertz CT molecular complexity index is 1050. The Morgan fingerprint density at radius 1 is 0.875 bits per heavy atom. The predicted octanol–water partition coefficient (Wildman–Crippen LogP) is 2.91. The zero-order chi connectivity index (χ0) is 23.1. The van der Waals surface area contributed by atoms with Gasteiger partial charge in [-0.3, -0.25) is 20.0 Å². The van der Waals surface area contributed by atoms with Gasteiger partial charge in [0.15, 0.2) is 12.2 Å². The van der Waals surface area contributed by atoms with Crippen LogP contribution in [-0.4, -0.2) is 39.2 Å². The number of aromatic nitrogens is 3. The molecule has 168 valence electrons. The Kier molecular flexibility index (Phi) is 7.43. The maximum atomic E-state index is 12.3. The molecule has 2 atom stereocenters. The summed E-state index contributed by atoms with van der Waals surface area (Å²) in [6.07, 6.45) is -1.42. The molecule has 2 unspecified atom stereocenters. The maximum absolute atomic E-state index is 12.3. The van der Waals surface area contributed by atoms with Gasteiger partial charge < -0.3 is 14.8 Å². The van der Waals surface area contributed by atoms with Gasteiger partial charge in [0.05, 0.1) is 6.54 Å². The number of nitrogens with zero attached hydrogens (tertiary/aromatic N) is 2. The highest BCUT2D eigenvalue weighted by Gasteiger charge is 2.18. The molecule has 9 heteroatoms. The lowest BCUT2D eigenvalue weighted by molar-refractivity contribution is -0.127. The van der Waals surface area contributed by atoms with Crippen LogP contribution in [0.2, 0.25) is 0 Å². The molecular formula is C23H27N5O4. The van der Waals surface area contributed by atoms with E-state index < -0.39 is 12.2 Å². The van der Waals surface area contributed by atoms with Crippen molar-refractivity contribution in [1.82, 2.24) is 20.5 Å². The van der Waals surface area contributed by atoms with Gasteiger partial charge in [0, 0.05) is 0 Å². The largest absolute Gasteiger partial charge is 0.481 e. The number of hydrogen-bond donors (Lipinski definition) is 3. The highest BCUT2D eigenvalue weighted by molar-refractivity contribution is 5.92. The first-order valence-electron chi connectivity index (χ1n) is 10.3. The standard InChI is InChI=1S/C23H27N5O4/c1-14-5-9-18(10-6-14)31-16(3)21(29)24-13-20-25-23(28-27-20)26-22(30)17(4)32-19-11-7-15(2)8-12-19/h5-12,16-17H,13H2,1-4H3,(H,24,29)(H2,25,26,27,28,30). The number of anilines is 1. The van der Waals surface area contributed by atoms with Gasteiger partial charge in [-0.1, -0.05) is 35.4 Å². The molecule has 0 spiro atoms.